The molecule has 0 bridgehead atoms. The van der Waals surface area contributed by atoms with Gasteiger partial charge in [0.1, 0.15) is 19.3 Å². The van der Waals surface area contributed by atoms with Crippen LogP contribution in [0.25, 0.3) is 0 Å². The zero-order valence-electron chi connectivity index (χ0n) is 65.7. The first-order chi connectivity index (χ1) is 48.9. The van der Waals surface area contributed by atoms with Crippen LogP contribution in [0.5, 0.6) is 0 Å². The van der Waals surface area contributed by atoms with Crippen molar-refractivity contribution in [2.75, 3.05) is 39.6 Å². The molecule has 0 aromatic carbocycles. The van der Waals surface area contributed by atoms with E-state index in [0.29, 0.717) is 25.7 Å². The Balaban J connectivity index is 5.30. The van der Waals surface area contributed by atoms with Crippen LogP contribution in [0.2, 0.25) is 0 Å². The number of ether oxygens (including phenoxy) is 4. The van der Waals surface area contributed by atoms with Crippen molar-refractivity contribution < 1.29 is 80.2 Å². The molecule has 0 aromatic rings. The van der Waals surface area contributed by atoms with E-state index in [-0.39, 0.29) is 25.7 Å². The summed E-state index contributed by atoms with van der Waals surface area (Å²) in [4.78, 5) is 73.1. The van der Waals surface area contributed by atoms with Crippen molar-refractivity contribution in [1.29, 1.82) is 0 Å². The van der Waals surface area contributed by atoms with Crippen LogP contribution in [0.3, 0.4) is 0 Å². The Morgan fingerprint density at radius 2 is 0.584 bits per heavy atom. The topological polar surface area (TPSA) is 237 Å². The number of aliphatic hydroxyl groups excluding tert-OH is 1. The van der Waals surface area contributed by atoms with Gasteiger partial charge in [-0.25, -0.2) is 9.13 Å². The van der Waals surface area contributed by atoms with Crippen molar-refractivity contribution in [1.82, 2.24) is 0 Å². The van der Waals surface area contributed by atoms with Crippen LogP contribution < -0.4 is 0 Å². The molecule has 0 spiro atoms. The van der Waals surface area contributed by atoms with Gasteiger partial charge in [0.2, 0.25) is 0 Å². The fourth-order valence-corrected chi connectivity index (χ4v) is 13.7. The average Bonchev–Trinajstić information content (AvgIpc) is 1.20. The fourth-order valence-electron chi connectivity index (χ4n) is 12.1. The van der Waals surface area contributed by atoms with Crippen LogP contribution in [0, 0.1) is 11.8 Å². The maximum Gasteiger partial charge on any atom is 0.472 e. The monoisotopic (exact) mass is 1480 g/mol. The highest BCUT2D eigenvalue weighted by atomic mass is 31.2. The molecule has 101 heavy (non-hydrogen) atoms. The molecule has 596 valence electrons. The first kappa shape index (κ1) is 98.5. The number of rotatable bonds is 79. The summed E-state index contributed by atoms with van der Waals surface area (Å²) in [6.07, 6.45) is 65.8. The van der Waals surface area contributed by atoms with Crippen molar-refractivity contribution in [3.63, 3.8) is 0 Å². The van der Waals surface area contributed by atoms with E-state index < -0.39 is 97.5 Å². The number of aliphatic hydroxyl groups is 1. The summed E-state index contributed by atoms with van der Waals surface area (Å²) in [7, 11) is -9.93. The van der Waals surface area contributed by atoms with Gasteiger partial charge in [-0.15, -0.1) is 0 Å². The largest absolute Gasteiger partial charge is 0.472 e. The zero-order chi connectivity index (χ0) is 74.2. The summed E-state index contributed by atoms with van der Waals surface area (Å²) in [5.41, 5.74) is 0. The van der Waals surface area contributed by atoms with Crippen molar-refractivity contribution in [3.8, 4) is 0 Å². The molecule has 0 aliphatic rings. The van der Waals surface area contributed by atoms with Crippen LogP contribution >= 0.6 is 15.6 Å². The van der Waals surface area contributed by atoms with Crippen molar-refractivity contribution >= 4 is 39.5 Å². The van der Waals surface area contributed by atoms with Gasteiger partial charge in [0, 0.05) is 25.7 Å². The van der Waals surface area contributed by atoms with E-state index in [9.17, 15) is 43.2 Å². The number of hydrogen-bond donors (Lipinski definition) is 3. The second-order valence-corrected chi connectivity index (χ2v) is 32.5. The highest BCUT2D eigenvalue weighted by molar-refractivity contribution is 7.47. The predicted molar refractivity (Wildman–Crippen MR) is 414 cm³/mol. The smallest absolute Gasteiger partial charge is 0.462 e. The fraction of sp³-hybridized carbons (Fsp3) is 0.902. The average molecular weight is 1480 g/mol. The summed E-state index contributed by atoms with van der Waals surface area (Å²) >= 11 is 0. The number of phosphoric ester groups is 2. The quantitative estimate of drug-likeness (QED) is 0.0169. The van der Waals surface area contributed by atoms with E-state index in [2.05, 4.69) is 65.8 Å². The van der Waals surface area contributed by atoms with Crippen molar-refractivity contribution in [2.24, 2.45) is 11.8 Å². The SMILES string of the molecule is CCCCCC/C=C\C=C/CCCCCCCC(=O)OC[C@H](COP(=O)(O)OC[C@@H](O)COP(=O)(O)OC[C@@H](COC(=O)CCCCCCCCCCCCCCC)OC(=O)CCCCCCCCCCCCC(C)CC)OC(=O)CCCCCCCCCCCCCCCCCCC(C)C. The van der Waals surface area contributed by atoms with Gasteiger partial charge in [-0.3, -0.25) is 37.3 Å². The minimum atomic E-state index is -4.97. The summed E-state index contributed by atoms with van der Waals surface area (Å²) in [6.45, 7) is 9.63. The van der Waals surface area contributed by atoms with Gasteiger partial charge in [-0.05, 0) is 63.2 Å². The van der Waals surface area contributed by atoms with E-state index in [1.165, 1.54) is 205 Å². The number of phosphoric acid groups is 2. The molecule has 0 heterocycles. The number of unbranched alkanes of at least 4 members (excludes halogenated alkanes) is 45. The molecule has 3 unspecified atom stereocenters. The highest BCUT2D eigenvalue weighted by Gasteiger charge is 2.30. The lowest BCUT2D eigenvalue weighted by Crippen LogP contribution is -2.30. The maximum absolute atomic E-state index is 13.1. The van der Waals surface area contributed by atoms with Gasteiger partial charge in [-0.2, -0.15) is 0 Å². The molecule has 0 aliphatic carbocycles. The molecule has 19 heteroatoms. The Morgan fingerprint density at radius 3 is 0.891 bits per heavy atom. The van der Waals surface area contributed by atoms with Crippen LogP contribution in [0.4, 0.5) is 0 Å². The number of carbonyl (C=O) groups is 4. The second-order valence-electron chi connectivity index (χ2n) is 29.5. The summed E-state index contributed by atoms with van der Waals surface area (Å²) in [5, 5.41) is 10.6. The molecule has 0 aromatic heterocycles. The van der Waals surface area contributed by atoms with E-state index >= 15 is 0 Å². The van der Waals surface area contributed by atoms with E-state index in [1.54, 1.807) is 0 Å². The predicted octanol–water partition coefficient (Wildman–Crippen LogP) is 24.2. The third kappa shape index (κ3) is 74.2. The first-order valence-electron chi connectivity index (χ1n) is 41.8. The molecular formula is C82H156O17P2. The minimum Gasteiger partial charge on any atom is -0.462 e. The lowest BCUT2D eigenvalue weighted by atomic mass is 9.99. The van der Waals surface area contributed by atoms with Crippen LogP contribution in [0.15, 0.2) is 24.3 Å². The van der Waals surface area contributed by atoms with Crippen molar-refractivity contribution in [3.05, 3.63) is 24.3 Å². The number of hydrogen-bond acceptors (Lipinski definition) is 15. The lowest BCUT2D eigenvalue weighted by molar-refractivity contribution is -0.161. The van der Waals surface area contributed by atoms with Gasteiger partial charge in [0.25, 0.3) is 0 Å². The number of carbonyl (C=O) groups excluding carboxylic acids is 4. The molecule has 6 atom stereocenters. The first-order valence-corrected chi connectivity index (χ1v) is 44.8. The molecule has 0 aliphatic heterocycles. The molecule has 0 amide bonds. The molecule has 17 nitrogen and oxygen atoms in total. The Hall–Kier alpha value is -2.46. The van der Waals surface area contributed by atoms with E-state index in [0.717, 1.165) is 121 Å². The minimum absolute atomic E-state index is 0.101. The number of allylic oxidation sites excluding steroid dienone is 4. The Kier molecular flexibility index (Phi) is 71.3. The Bertz CT molecular complexity index is 2040. The molecule has 0 rings (SSSR count). The van der Waals surface area contributed by atoms with E-state index in [1.807, 2.05) is 0 Å². The standard InChI is InChI=1S/C82H156O17P2/c1-7-10-12-14-16-18-20-22-25-30-34-41-47-53-59-65-80(85)93-70-77(98-81(86)66-60-54-48-42-35-31-27-24-23-26-29-32-38-44-50-56-62-74(4)5)72-96-100(88,89)94-68-76(83)69-95-101(90,91)97-73-78(71-92-79(84)64-58-52-46-40-33-28-21-19-17-15-13-11-8-2)99-82(87)67-61-55-49-43-37-36-39-45-51-57-63-75(6)9-3/h18,20,22,25,74-78,83H,7-17,19,21,23-24,26-73H2,1-6H3,(H,88,89)(H,90,91)/b20-18-,25-22-/t75?,76-,77-,78-/m1/s1. The molecule has 0 saturated carbocycles. The van der Waals surface area contributed by atoms with Crippen LogP contribution in [-0.2, 0) is 65.4 Å². The van der Waals surface area contributed by atoms with Crippen LogP contribution in [-0.4, -0.2) is 96.7 Å². The van der Waals surface area contributed by atoms with Gasteiger partial charge >= 0.3 is 39.5 Å². The van der Waals surface area contributed by atoms with Crippen molar-refractivity contribution in [2.45, 2.75) is 426 Å². The van der Waals surface area contributed by atoms with E-state index in [4.69, 9.17) is 37.0 Å². The highest BCUT2D eigenvalue weighted by Crippen LogP contribution is 2.45. The molecule has 3 N–H and O–H groups in total. The Labute approximate surface area is 618 Å². The summed E-state index contributed by atoms with van der Waals surface area (Å²) in [6, 6.07) is 0. The second kappa shape index (κ2) is 73.1. The van der Waals surface area contributed by atoms with Crippen LogP contribution in [0.1, 0.15) is 408 Å². The zero-order valence-corrected chi connectivity index (χ0v) is 67.5. The third-order valence-corrected chi connectivity index (χ3v) is 20.8. The summed E-state index contributed by atoms with van der Waals surface area (Å²) < 4.78 is 68.7. The van der Waals surface area contributed by atoms with Gasteiger partial charge in [-0.1, -0.05) is 355 Å². The van der Waals surface area contributed by atoms with Gasteiger partial charge in [0.05, 0.1) is 26.4 Å². The normalized spacial score (nSPS) is 14.3. The molecule has 0 radical (unpaired) electrons. The lowest BCUT2D eigenvalue weighted by Gasteiger charge is -2.21. The van der Waals surface area contributed by atoms with Gasteiger partial charge in [0.15, 0.2) is 12.2 Å². The molecular weight excluding hydrogens is 1320 g/mol. The molecule has 0 fully saturated rings. The Morgan fingerprint density at radius 1 is 0.327 bits per heavy atom. The third-order valence-electron chi connectivity index (χ3n) is 18.9. The molecule has 0 saturated heterocycles. The number of esters is 4. The summed E-state index contributed by atoms with van der Waals surface area (Å²) in [5.74, 6) is -0.527. The maximum atomic E-state index is 13.1. The van der Waals surface area contributed by atoms with Gasteiger partial charge < -0.3 is 33.8 Å².